The van der Waals surface area contributed by atoms with Crippen molar-refractivity contribution in [3.8, 4) is 0 Å². The van der Waals surface area contributed by atoms with Gasteiger partial charge in [-0.25, -0.2) is 0 Å². The van der Waals surface area contributed by atoms with Crippen LogP contribution in [0.25, 0.3) is 0 Å². The molecule has 0 aromatic heterocycles. The fourth-order valence-corrected chi connectivity index (χ4v) is 2.58. The zero-order valence-electron chi connectivity index (χ0n) is 14.2. The summed E-state index contributed by atoms with van der Waals surface area (Å²) in [5.41, 5.74) is 4.11. The number of nitrogens with one attached hydrogen (secondary N) is 1. The van der Waals surface area contributed by atoms with E-state index < -0.39 is 0 Å². The summed E-state index contributed by atoms with van der Waals surface area (Å²) in [5.74, 6) is 0.705. The van der Waals surface area contributed by atoms with Crippen LogP contribution in [0, 0.1) is 12.8 Å². The lowest BCUT2D eigenvalue weighted by Gasteiger charge is -2.28. The first-order valence-electron chi connectivity index (χ1n) is 7.98. The highest BCUT2D eigenvalue weighted by atomic mass is 15.1. The van der Waals surface area contributed by atoms with E-state index >= 15 is 0 Å². The highest BCUT2D eigenvalue weighted by Gasteiger charge is 2.11. The van der Waals surface area contributed by atoms with E-state index in [1.807, 2.05) is 0 Å². The summed E-state index contributed by atoms with van der Waals surface area (Å²) in [6, 6.07) is 7.44. The van der Waals surface area contributed by atoms with Crippen molar-refractivity contribution in [2.75, 3.05) is 18.5 Å². The van der Waals surface area contributed by atoms with E-state index in [1.165, 1.54) is 29.7 Å². The SMILES string of the molecule is CCCC(C)N(C)c1ccc(CNCC(C)C)cc1C. The number of nitrogens with zero attached hydrogens (tertiary/aromatic N) is 1. The van der Waals surface area contributed by atoms with Crippen molar-refractivity contribution < 1.29 is 0 Å². The van der Waals surface area contributed by atoms with E-state index in [2.05, 4.69) is 70.1 Å². The molecule has 1 aromatic carbocycles. The van der Waals surface area contributed by atoms with Gasteiger partial charge < -0.3 is 10.2 Å². The Labute approximate surface area is 125 Å². The van der Waals surface area contributed by atoms with Crippen molar-refractivity contribution in [3.63, 3.8) is 0 Å². The summed E-state index contributed by atoms with van der Waals surface area (Å²) in [5, 5.41) is 3.51. The first kappa shape index (κ1) is 17.0. The molecule has 0 fully saturated rings. The molecule has 2 heteroatoms. The second-order valence-electron chi connectivity index (χ2n) is 6.39. The molecule has 0 aliphatic carbocycles. The zero-order chi connectivity index (χ0) is 15.1. The maximum Gasteiger partial charge on any atom is 0.0395 e. The molecule has 1 aromatic rings. The van der Waals surface area contributed by atoms with Crippen LogP contribution in [-0.4, -0.2) is 19.6 Å². The summed E-state index contributed by atoms with van der Waals surface area (Å²) in [6.45, 7) is 13.3. The lowest BCUT2D eigenvalue weighted by molar-refractivity contribution is 0.552. The van der Waals surface area contributed by atoms with Crippen LogP contribution in [0.15, 0.2) is 18.2 Å². The maximum atomic E-state index is 3.51. The van der Waals surface area contributed by atoms with Crippen molar-refractivity contribution in [2.45, 2.75) is 60.0 Å². The molecule has 0 bridgehead atoms. The normalized spacial score (nSPS) is 12.8. The number of hydrogen-bond acceptors (Lipinski definition) is 2. The van der Waals surface area contributed by atoms with Crippen LogP contribution in [0.4, 0.5) is 5.69 Å². The smallest absolute Gasteiger partial charge is 0.0395 e. The number of rotatable bonds is 8. The molecule has 0 aliphatic heterocycles. The van der Waals surface area contributed by atoms with Crippen molar-refractivity contribution in [3.05, 3.63) is 29.3 Å². The van der Waals surface area contributed by atoms with E-state index in [0.717, 1.165) is 13.1 Å². The molecule has 0 radical (unpaired) electrons. The molecule has 1 N–H and O–H groups in total. The molecule has 0 spiro atoms. The molecule has 0 saturated carbocycles. The monoisotopic (exact) mass is 276 g/mol. The molecular formula is C18H32N2. The van der Waals surface area contributed by atoms with E-state index in [1.54, 1.807) is 0 Å². The second-order valence-corrected chi connectivity index (χ2v) is 6.39. The topological polar surface area (TPSA) is 15.3 Å². The molecule has 1 atom stereocenters. The van der Waals surface area contributed by atoms with Gasteiger partial charge in [0, 0.05) is 25.3 Å². The van der Waals surface area contributed by atoms with Gasteiger partial charge in [0.25, 0.3) is 0 Å². The predicted molar refractivity (Wildman–Crippen MR) is 90.5 cm³/mol. The summed E-state index contributed by atoms with van der Waals surface area (Å²) in [6.07, 6.45) is 2.48. The third-order valence-electron chi connectivity index (χ3n) is 3.89. The highest BCUT2D eigenvalue weighted by Crippen LogP contribution is 2.23. The van der Waals surface area contributed by atoms with Gasteiger partial charge in [0.1, 0.15) is 0 Å². The Balaban J connectivity index is 2.67. The minimum absolute atomic E-state index is 0.601. The Morgan fingerprint density at radius 2 is 1.90 bits per heavy atom. The van der Waals surface area contributed by atoms with Crippen molar-refractivity contribution in [1.82, 2.24) is 5.32 Å². The van der Waals surface area contributed by atoms with E-state index in [0.29, 0.717) is 12.0 Å². The van der Waals surface area contributed by atoms with Gasteiger partial charge in [-0.1, -0.05) is 39.3 Å². The van der Waals surface area contributed by atoms with Crippen LogP contribution in [0.2, 0.25) is 0 Å². The fourth-order valence-electron chi connectivity index (χ4n) is 2.58. The van der Waals surface area contributed by atoms with Crippen LogP contribution < -0.4 is 10.2 Å². The number of benzene rings is 1. The van der Waals surface area contributed by atoms with Gasteiger partial charge >= 0.3 is 0 Å². The Kier molecular flexibility index (Phi) is 7.08. The van der Waals surface area contributed by atoms with Crippen molar-refractivity contribution in [1.29, 1.82) is 0 Å². The first-order valence-corrected chi connectivity index (χ1v) is 7.98. The average Bonchev–Trinajstić information content (AvgIpc) is 2.38. The molecule has 1 unspecified atom stereocenters. The molecule has 114 valence electrons. The van der Waals surface area contributed by atoms with E-state index in [4.69, 9.17) is 0 Å². The molecule has 0 aliphatic rings. The minimum Gasteiger partial charge on any atom is -0.372 e. The predicted octanol–water partition coefficient (Wildman–Crippen LogP) is 4.37. The molecule has 1 rings (SSSR count). The maximum absolute atomic E-state index is 3.51. The number of aryl methyl sites for hydroxylation is 1. The van der Waals surface area contributed by atoms with Gasteiger partial charge in [-0.3, -0.25) is 0 Å². The second kappa shape index (κ2) is 8.31. The molecule has 20 heavy (non-hydrogen) atoms. The van der Waals surface area contributed by atoms with Crippen LogP contribution in [0.3, 0.4) is 0 Å². The number of hydrogen-bond donors (Lipinski definition) is 1. The van der Waals surface area contributed by atoms with E-state index in [9.17, 15) is 0 Å². The van der Waals surface area contributed by atoms with Crippen LogP contribution >= 0.6 is 0 Å². The molecule has 0 heterocycles. The Morgan fingerprint density at radius 3 is 2.45 bits per heavy atom. The number of anilines is 1. The van der Waals surface area contributed by atoms with Gasteiger partial charge in [-0.15, -0.1) is 0 Å². The zero-order valence-corrected chi connectivity index (χ0v) is 14.2. The van der Waals surface area contributed by atoms with Gasteiger partial charge in [-0.2, -0.15) is 0 Å². The third-order valence-corrected chi connectivity index (χ3v) is 3.89. The lowest BCUT2D eigenvalue weighted by atomic mass is 10.1. The van der Waals surface area contributed by atoms with E-state index in [-0.39, 0.29) is 0 Å². The summed E-state index contributed by atoms with van der Waals surface area (Å²) in [7, 11) is 2.21. The molecule has 0 amide bonds. The van der Waals surface area contributed by atoms with Crippen LogP contribution in [-0.2, 0) is 6.54 Å². The first-order chi connectivity index (χ1) is 9.45. The summed E-state index contributed by atoms with van der Waals surface area (Å²) < 4.78 is 0. The average molecular weight is 276 g/mol. The lowest BCUT2D eigenvalue weighted by Crippen LogP contribution is -2.29. The third kappa shape index (κ3) is 5.16. The van der Waals surface area contributed by atoms with Crippen molar-refractivity contribution in [2.24, 2.45) is 5.92 Å². The van der Waals surface area contributed by atoms with Crippen LogP contribution in [0.1, 0.15) is 51.7 Å². The minimum atomic E-state index is 0.601. The van der Waals surface area contributed by atoms with Gasteiger partial charge in [-0.05, 0) is 49.9 Å². The molecule has 2 nitrogen and oxygen atoms in total. The Bertz CT molecular complexity index is 398. The quantitative estimate of drug-likeness (QED) is 0.758. The fraction of sp³-hybridized carbons (Fsp3) is 0.667. The summed E-state index contributed by atoms with van der Waals surface area (Å²) in [4.78, 5) is 2.41. The van der Waals surface area contributed by atoms with Crippen LogP contribution in [0.5, 0.6) is 0 Å². The molecular weight excluding hydrogens is 244 g/mol. The van der Waals surface area contributed by atoms with Gasteiger partial charge in [0.15, 0.2) is 0 Å². The Hall–Kier alpha value is -1.02. The molecule has 0 saturated heterocycles. The van der Waals surface area contributed by atoms with Gasteiger partial charge in [0.2, 0.25) is 0 Å². The highest BCUT2D eigenvalue weighted by molar-refractivity contribution is 5.54. The van der Waals surface area contributed by atoms with Gasteiger partial charge in [0.05, 0.1) is 0 Å². The largest absolute Gasteiger partial charge is 0.372 e. The van der Waals surface area contributed by atoms with Crippen molar-refractivity contribution >= 4 is 5.69 Å². The Morgan fingerprint density at radius 1 is 1.20 bits per heavy atom. The standard InChI is InChI=1S/C18H32N2/c1-7-8-16(5)20(6)18-10-9-17(11-15(18)4)13-19-12-14(2)3/h9-11,14,16,19H,7-8,12-13H2,1-6H3. The summed E-state index contributed by atoms with van der Waals surface area (Å²) >= 11 is 0.